The zero-order chi connectivity index (χ0) is 15.1. The van der Waals surface area contributed by atoms with E-state index in [-0.39, 0.29) is 6.10 Å². The molecule has 0 aliphatic carbocycles. The molecule has 0 aromatic heterocycles. The molecule has 0 bridgehead atoms. The maximum absolute atomic E-state index is 5.85. The molecular weight excluding hydrogens is 272 g/mol. The Labute approximate surface area is 125 Å². The molecule has 1 aliphatic rings. The lowest BCUT2D eigenvalue weighted by Gasteiger charge is -2.26. The van der Waals surface area contributed by atoms with Crippen molar-refractivity contribution in [3.63, 3.8) is 0 Å². The van der Waals surface area contributed by atoms with Gasteiger partial charge in [-0.2, -0.15) is 0 Å². The molecule has 21 heavy (non-hydrogen) atoms. The molecule has 1 atom stereocenters. The van der Waals surface area contributed by atoms with E-state index in [1.165, 1.54) is 0 Å². The van der Waals surface area contributed by atoms with E-state index in [2.05, 4.69) is 5.16 Å². The van der Waals surface area contributed by atoms with Crippen molar-refractivity contribution < 1.29 is 19.0 Å². The molecule has 1 heterocycles. The summed E-state index contributed by atoms with van der Waals surface area (Å²) in [7, 11) is 3.96. The maximum Gasteiger partial charge on any atom is 0.270 e. The van der Waals surface area contributed by atoms with Crippen LogP contribution in [0.1, 0.15) is 6.92 Å². The molecule has 0 radical (unpaired) electrons. The van der Waals surface area contributed by atoms with E-state index < -0.39 is 0 Å². The molecule has 0 saturated carbocycles. The van der Waals surface area contributed by atoms with Gasteiger partial charge in [-0.3, -0.25) is 0 Å². The third-order valence-corrected chi connectivity index (χ3v) is 2.86. The molecule has 1 aromatic carbocycles. The number of para-hydroxylation sites is 2. The van der Waals surface area contributed by atoms with E-state index in [1.807, 2.05) is 50.2 Å². The summed E-state index contributed by atoms with van der Waals surface area (Å²) in [6.07, 6.45) is -0.390. The van der Waals surface area contributed by atoms with Crippen molar-refractivity contribution in [1.29, 1.82) is 0 Å². The van der Waals surface area contributed by atoms with E-state index >= 15 is 0 Å². The Morgan fingerprint density at radius 1 is 1.33 bits per heavy atom. The fourth-order valence-corrected chi connectivity index (χ4v) is 1.80. The molecule has 0 spiro atoms. The van der Waals surface area contributed by atoms with Gasteiger partial charge in [0.2, 0.25) is 6.10 Å². The predicted molar refractivity (Wildman–Crippen MR) is 79.9 cm³/mol. The Morgan fingerprint density at radius 3 is 2.81 bits per heavy atom. The number of benzene rings is 1. The van der Waals surface area contributed by atoms with Crippen LogP contribution in [0.4, 0.5) is 0 Å². The Hall–Kier alpha value is -1.95. The molecule has 1 aliphatic heterocycles. The van der Waals surface area contributed by atoms with Crippen molar-refractivity contribution >= 4 is 5.90 Å². The normalized spacial score (nSPS) is 17.7. The van der Waals surface area contributed by atoms with Crippen LogP contribution in [0, 0.1) is 0 Å². The van der Waals surface area contributed by atoms with Crippen molar-refractivity contribution in [3.8, 4) is 11.5 Å². The molecule has 6 heteroatoms. The zero-order valence-corrected chi connectivity index (χ0v) is 12.7. The number of likely N-dealkylation sites (N-methyl/N-ethyl adjacent to an activating group) is 1. The lowest BCUT2D eigenvalue weighted by molar-refractivity contribution is 0.0846. The van der Waals surface area contributed by atoms with Gasteiger partial charge in [0.25, 0.3) is 5.90 Å². The van der Waals surface area contributed by atoms with Crippen LogP contribution in [0.5, 0.6) is 11.5 Å². The van der Waals surface area contributed by atoms with Crippen LogP contribution in [0.2, 0.25) is 0 Å². The molecule has 1 unspecified atom stereocenters. The summed E-state index contributed by atoms with van der Waals surface area (Å²) in [5, 5.41) is 4.04. The Kier molecular flexibility index (Phi) is 5.68. The molecule has 0 saturated heterocycles. The SMILES string of the molecule is CCO/C(=N\OCCN(C)C)C1COc2ccccc2O1. The van der Waals surface area contributed by atoms with E-state index in [1.54, 1.807) is 0 Å². The summed E-state index contributed by atoms with van der Waals surface area (Å²) in [6, 6.07) is 7.54. The van der Waals surface area contributed by atoms with Crippen LogP contribution in [0.15, 0.2) is 29.4 Å². The van der Waals surface area contributed by atoms with Crippen LogP contribution < -0.4 is 9.47 Å². The van der Waals surface area contributed by atoms with Crippen molar-refractivity contribution in [2.45, 2.75) is 13.0 Å². The second-order valence-corrected chi connectivity index (χ2v) is 4.86. The number of ether oxygens (including phenoxy) is 3. The first-order valence-corrected chi connectivity index (χ1v) is 7.06. The van der Waals surface area contributed by atoms with Crippen LogP contribution in [-0.4, -0.2) is 57.4 Å². The third-order valence-electron chi connectivity index (χ3n) is 2.86. The Morgan fingerprint density at radius 2 is 2.10 bits per heavy atom. The second kappa shape index (κ2) is 7.73. The molecular formula is C15H22N2O4. The molecule has 0 fully saturated rings. The molecule has 0 amide bonds. The second-order valence-electron chi connectivity index (χ2n) is 4.86. The van der Waals surface area contributed by atoms with Crippen molar-refractivity contribution in [1.82, 2.24) is 4.90 Å². The van der Waals surface area contributed by atoms with Crippen LogP contribution in [0.3, 0.4) is 0 Å². The minimum Gasteiger partial charge on any atom is -0.485 e. The molecule has 6 nitrogen and oxygen atoms in total. The van der Waals surface area contributed by atoms with Gasteiger partial charge in [-0.25, -0.2) is 0 Å². The van der Waals surface area contributed by atoms with E-state index in [4.69, 9.17) is 19.0 Å². The predicted octanol–water partition coefficient (Wildman–Crippen LogP) is 1.75. The highest BCUT2D eigenvalue weighted by molar-refractivity contribution is 5.81. The number of nitrogens with zero attached hydrogens (tertiary/aromatic N) is 2. The summed E-state index contributed by atoms with van der Waals surface area (Å²) in [4.78, 5) is 7.31. The van der Waals surface area contributed by atoms with Gasteiger partial charge in [-0.15, -0.1) is 0 Å². The Bertz CT molecular complexity index is 476. The first-order valence-electron chi connectivity index (χ1n) is 7.06. The first kappa shape index (κ1) is 15.4. The summed E-state index contributed by atoms with van der Waals surface area (Å²) in [6.45, 7) is 4.03. The number of rotatable bonds is 6. The highest BCUT2D eigenvalue weighted by Crippen LogP contribution is 2.31. The van der Waals surface area contributed by atoms with Gasteiger partial charge in [0.1, 0.15) is 13.2 Å². The molecule has 2 rings (SSSR count). The largest absolute Gasteiger partial charge is 0.485 e. The minimum atomic E-state index is -0.390. The monoisotopic (exact) mass is 294 g/mol. The molecule has 0 N–H and O–H groups in total. The molecule has 116 valence electrons. The van der Waals surface area contributed by atoms with Gasteiger partial charge in [-0.1, -0.05) is 12.1 Å². The average Bonchev–Trinajstić information content (AvgIpc) is 2.49. The topological polar surface area (TPSA) is 52.5 Å². The maximum atomic E-state index is 5.85. The summed E-state index contributed by atoms with van der Waals surface area (Å²) in [5.41, 5.74) is 0. The highest BCUT2D eigenvalue weighted by Gasteiger charge is 2.27. The lowest BCUT2D eigenvalue weighted by atomic mass is 10.2. The first-order chi connectivity index (χ1) is 10.2. The van der Waals surface area contributed by atoms with Gasteiger partial charge in [-0.05, 0) is 38.3 Å². The summed E-state index contributed by atoms with van der Waals surface area (Å²) < 4.78 is 17.0. The Balaban J connectivity index is 1.97. The van der Waals surface area contributed by atoms with E-state index in [9.17, 15) is 0 Å². The molecule has 1 aromatic rings. The zero-order valence-electron chi connectivity index (χ0n) is 12.7. The van der Waals surface area contributed by atoms with Gasteiger partial charge >= 0.3 is 0 Å². The fourth-order valence-electron chi connectivity index (χ4n) is 1.80. The van der Waals surface area contributed by atoms with Crippen LogP contribution in [-0.2, 0) is 9.57 Å². The van der Waals surface area contributed by atoms with Crippen molar-refractivity contribution in [2.75, 3.05) is 40.5 Å². The third kappa shape index (κ3) is 4.53. The summed E-state index contributed by atoms with van der Waals surface area (Å²) in [5.74, 6) is 1.83. The van der Waals surface area contributed by atoms with Crippen molar-refractivity contribution in [3.05, 3.63) is 24.3 Å². The van der Waals surface area contributed by atoms with Crippen molar-refractivity contribution in [2.24, 2.45) is 5.16 Å². The highest BCUT2D eigenvalue weighted by atomic mass is 16.7. The fraction of sp³-hybridized carbons (Fsp3) is 0.533. The van der Waals surface area contributed by atoms with Crippen LogP contribution in [0.25, 0.3) is 0 Å². The summed E-state index contributed by atoms with van der Waals surface area (Å²) >= 11 is 0. The van der Waals surface area contributed by atoms with Gasteiger partial charge < -0.3 is 23.9 Å². The van der Waals surface area contributed by atoms with Gasteiger partial charge in [0, 0.05) is 6.54 Å². The quantitative estimate of drug-likeness (QED) is 0.346. The van der Waals surface area contributed by atoms with Gasteiger partial charge in [0.15, 0.2) is 11.5 Å². The number of hydrogen-bond donors (Lipinski definition) is 0. The number of fused-ring (bicyclic) bond motifs is 1. The van der Waals surface area contributed by atoms with Crippen LogP contribution >= 0.6 is 0 Å². The lowest BCUT2D eigenvalue weighted by Crippen LogP contribution is -2.38. The van der Waals surface area contributed by atoms with E-state index in [0.29, 0.717) is 31.5 Å². The number of oxime groups is 1. The van der Waals surface area contributed by atoms with Gasteiger partial charge in [0.05, 0.1) is 6.61 Å². The standard InChI is InChI=1S/C15H22N2O4/c1-4-18-15(16-20-10-9-17(2)3)14-11-19-12-7-5-6-8-13(12)21-14/h5-8,14H,4,9-11H2,1-3H3/b16-15-. The van der Waals surface area contributed by atoms with E-state index in [0.717, 1.165) is 12.3 Å². The average molecular weight is 294 g/mol. The number of hydrogen-bond acceptors (Lipinski definition) is 6. The smallest absolute Gasteiger partial charge is 0.270 e. The minimum absolute atomic E-state index is 0.354.